The van der Waals surface area contributed by atoms with Crippen molar-refractivity contribution in [2.24, 2.45) is 0 Å². The van der Waals surface area contributed by atoms with Gasteiger partial charge in [0.2, 0.25) is 0 Å². The van der Waals surface area contributed by atoms with E-state index in [1.807, 2.05) is 13.0 Å². The number of pyridine rings is 1. The van der Waals surface area contributed by atoms with Crippen molar-refractivity contribution in [3.8, 4) is 23.9 Å². The van der Waals surface area contributed by atoms with Crippen molar-refractivity contribution < 1.29 is 25.2 Å². The summed E-state index contributed by atoms with van der Waals surface area (Å²) >= 11 is 1.48. The molecular weight excluding hydrogens is 615 g/mol. The molecule has 0 saturated carbocycles. The molecule has 0 aromatic carbocycles. The number of hydrogen-bond acceptors (Lipinski definition) is 14. The van der Waals surface area contributed by atoms with E-state index in [0.717, 1.165) is 23.4 Å². The first kappa shape index (κ1) is 31.4. The Labute approximate surface area is 253 Å². The maximum absolute atomic E-state index is 12.5. The highest BCUT2D eigenvalue weighted by atomic mass is 32.2. The van der Waals surface area contributed by atoms with E-state index in [-0.39, 0.29) is 40.7 Å². The fraction of sp³-hybridized carbons (Fsp3) is 0.296. The van der Waals surface area contributed by atoms with Crippen molar-refractivity contribution >= 4 is 31.6 Å². The predicted octanol–water partition coefficient (Wildman–Crippen LogP) is 3.97. The van der Waals surface area contributed by atoms with Crippen LogP contribution >= 0.6 is 11.3 Å². The first-order valence-electron chi connectivity index (χ1n) is 12.8. The topological polar surface area (TPSA) is 199 Å². The standard InChI is InChI=1S/C27H25N7O6S3/c1-18(24-8-5-20(14-30-24)16-42(35,36)39-26-9-6-22(12-28)31-33-26)3-4-19(2)25-11-21(15-41-25)17-43(37,38)40-27-10-7-23(13-29)32-34-27/h5-11,14-15,18-19H,3-4,16-17H2,1-2H3. The van der Waals surface area contributed by atoms with E-state index < -0.39 is 26.0 Å². The molecule has 4 aromatic heterocycles. The second-order valence-corrected chi connectivity index (χ2v) is 13.7. The molecule has 0 aliphatic heterocycles. The third-order valence-corrected chi connectivity index (χ3v) is 9.60. The summed E-state index contributed by atoms with van der Waals surface area (Å²) < 4.78 is 59.7. The van der Waals surface area contributed by atoms with Gasteiger partial charge in [-0.2, -0.15) is 27.4 Å². The number of nitriles is 2. The van der Waals surface area contributed by atoms with Crippen LogP contribution in [-0.4, -0.2) is 42.2 Å². The Balaban J connectivity index is 1.27. The molecule has 13 nitrogen and oxygen atoms in total. The van der Waals surface area contributed by atoms with Crippen LogP contribution < -0.4 is 8.37 Å². The van der Waals surface area contributed by atoms with Gasteiger partial charge in [-0.05, 0) is 65.4 Å². The predicted molar refractivity (Wildman–Crippen MR) is 155 cm³/mol. The monoisotopic (exact) mass is 639 g/mol. The van der Waals surface area contributed by atoms with E-state index in [9.17, 15) is 16.8 Å². The Morgan fingerprint density at radius 3 is 1.81 bits per heavy atom. The van der Waals surface area contributed by atoms with Gasteiger partial charge in [-0.25, -0.2) is 0 Å². The lowest BCUT2D eigenvalue weighted by molar-refractivity contribution is 0.468. The number of aromatic nitrogens is 5. The highest BCUT2D eigenvalue weighted by Crippen LogP contribution is 2.31. The molecule has 4 heterocycles. The zero-order chi connectivity index (χ0) is 31.0. The summed E-state index contributed by atoms with van der Waals surface area (Å²) in [5, 5.41) is 33.6. The largest absolute Gasteiger partial charge is 0.360 e. The third kappa shape index (κ3) is 9.24. The SMILES string of the molecule is CC(CCC(C)c1cc(CS(=O)(=O)Oc2ccc(C#N)nn2)cs1)c1ccc(CS(=O)(=O)Oc2ccc(C#N)nn2)cn1. The summed E-state index contributed by atoms with van der Waals surface area (Å²) in [5.74, 6) is -0.897. The van der Waals surface area contributed by atoms with Gasteiger partial charge in [0.1, 0.15) is 23.6 Å². The maximum atomic E-state index is 12.5. The van der Waals surface area contributed by atoms with Gasteiger partial charge in [0.05, 0.1) is 0 Å². The Morgan fingerprint density at radius 1 is 0.767 bits per heavy atom. The number of nitrogens with zero attached hydrogens (tertiary/aromatic N) is 7. The van der Waals surface area contributed by atoms with E-state index in [2.05, 4.69) is 32.3 Å². The summed E-state index contributed by atoms with van der Waals surface area (Å²) in [4.78, 5) is 5.48. The Morgan fingerprint density at radius 2 is 1.33 bits per heavy atom. The molecule has 43 heavy (non-hydrogen) atoms. The van der Waals surface area contributed by atoms with Crippen LogP contribution in [0.5, 0.6) is 11.8 Å². The molecular formula is C27H25N7O6S3. The summed E-state index contributed by atoms with van der Waals surface area (Å²) in [5.41, 5.74) is 1.96. The molecule has 0 amide bonds. The molecule has 0 aliphatic rings. The van der Waals surface area contributed by atoms with Gasteiger partial charge in [-0.1, -0.05) is 19.9 Å². The molecule has 4 aromatic rings. The normalized spacial score (nSPS) is 12.9. The molecule has 0 fully saturated rings. The van der Waals surface area contributed by atoms with Crippen molar-refractivity contribution in [1.29, 1.82) is 10.5 Å². The molecule has 222 valence electrons. The van der Waals surface area contributed by atoms with Crippen LogP contribution in [0.4, 0.5) is 0 Å². The molecule has 0 spiro atoms. The third-order valence-electron chi connectivity index (χ3n) is 6.17. The minimum Gasteiger partial charge on any atom is -0.360 e. The first-order chi connectivity index (χ1) is 20.4. The Bertz CT molecular complexity index is 1850. The minimum absolute atomic E-state index is 0.0437. The Hall–Kier alpha value is -4.51. The van der Waals surface area contributed by atoms with Gasteiger partial charge in [0.15, 0.2) is 11.4 Å². The van der Waals surface area contributed by atoms with Crippen LogP contribution in [0.25, 0.3) is 0 Å². The molecule has 0 N–H and O–H groups in total. The second-order valence-electron chi connectivity index (χ2n) is 9.64. The van der Waals surface area contributed by atoms with Crippen LogP contribution in [0.15, 0.2) is 54.0 Å². The lowest BCUT2D eigenvalue weighted by atomic mass is 9.94. The van der Waals surface area contributed by atoms with Gasteiger partial charge in [-0.3, -0.25) is 4.98 Å². The highest BCUT2D eigenvalue weighted by molar-refractivity contribution is 7.86. The number of thiophene rings is 1. The van der Waals surface area contributed by atoms with Crippen molar-refractivity contribution in [2.45, 2.75) is 50.0 Å². The van der Waals surface area contributed by atoms with Crippen LogP contribution in [0, 0.1) is 22.7 Å². The zero-order valence-corrected chi connectivity index (χ0v) is 25.4. The summed E-state index contributed by atoms with van der Waals surface area (Å²) in [6, 6.07) is 14.1. The first-order valence-corrected chi connectivity index (χ1v) is 16.8. The molecule has 2 atom stereocenters. The van der Waals surface area contributed by atoms with Crippen molar-refractivity contribution in [1.82, 2.24) is 25.4 Å². The molecule has 16 heteroatoms. The molecule has 0 radical (unpaired) electrons. The Kier molecular flexibility index (Phi) is 9.97. The van der Waals surface area contributed by atoms with Gasteiger partial charge < -0.3 is 8.37 Å². The van der Waals surface area contributed by atoms with E-state index >= 15 is 0 Å². The smallest absolute Gasteiger partial charge is 0.315 e. The maximum Gasteiger partial charge on any atom is 0.315 e. The second kappa shape index (κ2) is 13.6. The lowest BCUT2D eigenvalue weighted by Crippen LogP contribution is -2.13. The van der Waals surface area contributed by atoms with Crippen molar-refractivity contribution in [2.75, 3.05) is 0 Å². The molecule has 4 rings (SSSR count). The summed E-state index contributed by atoms with van der Waals surface area (Å²) in [6.07, 6.45) is 3.12. The van der Waals surface area contributed by atoms with Gasteiger partial charge in [-0.15, -0.1) is 31.7 Å². The number of hydrogen-bond donors (Lipinski definition) is 0. The van der Waals surface area contributed by atoms with Gasteiger partial charge in [0.25, 0.3) is 11.8 Å². The fourth-order valence-electron chi connectivity index (χ4n) is 3.91. The van der Waals surface area contributed by atoms with Crippen LogP contribution in [0.1, 0.15) is 71.6 Å². The lowest BCUT2D eigenvalue weighted by Gasteiger charge is -2.15. The molecule has 0 bridgehead atoms. The van der Waals surface area contributed by atoms with Crippen LogP contribution in [0.3, 0.4) is 0 Å². The van der Waals surface area contributed by atoms with Crippen molar-refractivity contribution in [3.05, 3.63) is 87.1 Å². The van der Waals surface area contributed by atoms with Crippen LogP contribution in [-0.2, 0) is 31.7 Å². The van der Waals surface area contributed by atoms with E-state index in [1.54, 1.807) is 29.7 Å². The molecule has 0 aliphatic carbocycles. The van der Waals surface area contributed by atoms with E-state index in [0.29, 0.717) is 11.1 Å². The van der Waals surface area contributed by atoms with Crippen LogP contribution in [0.2, 0.25) is 0 Å². The van der Waals surface area contributed by atoms with Gasteiger partial charge in [0, 0.05) is 28.9 Å². The highest BCUT2D eigenvalue weighted by Gasteiger charge is 2.20. The van der Waals surface area contributed by atoms with E-state index in [1.165, 1.54) is 41.8 Å². The quantitative estimate of drug-likeness (QED) is 0.191. The average Bonchev–Trinajstić information content (AvgIpc) is 3.44. The molecule has 2 unspecified atom stereocenters. The average molecular weight is 640 g/mol. The zero-order valence-electron chi connectivity index (χ0n) is 23.0. The summed E-state index contributed by atoms with van der Waals surface area (Å²) in [6.45, 7) is 4.10. The summed E-state index contributed by atoms with van der Waals surface area (Å²) in [7, 11) is -7.97. The van der Waals surface area contributed by atoms with E-state index in [4.69, 9.17) is 18.9 Å². The van der Waals surface area contributed by atoms with Gasteiger partial charge >= 0.3 is 20.2 Å². The minimum atomic E-state index is -4.01. The molecule has 0 saturated heterocycles. The number of rotatable bonds is 13. The van der Waals surface area contributed by atoms with Crippen molar-refractivity contribution in [3.63, 3.8) is 0 Å². The fourth-order valence-corrected chi connectivity index (χ4v) is 6.99.